The van der Waals surface area contributed by atoms with Crippen molar-refractivity contribution in [3.05, 3.63) is 11.1 Å². The number of nitrogens with zero attached hydrogens (tertiary/aromatic N) is 2. The van der Waals surface area contributed by atoms with E-state index in [1.807, 2.05) is 13.8 Å². The van der Waals surface area contributed by atoms with Gasteiger partial charge in [-0.25, -0.2) is 0 Å². The summed E-state index contributed by atoms with van der Waals surface area (Å²) in [6.45, 7) is 3.93. The zero-order chi connectivity index (χ0) is 9.59. The van der Waals surface area contributed by atoms with Crippen LogP contribution in [0.15, 0.2) is 0 Å². The van der Waals surface area contributed by atoms with E-state index in [1.54, 1.807) is 0 Å². The highest BCUT2D eigenvalue weighted by molar-refractivity contribution is 7.00. The highest BCUT2D eigenvalue weighted by atomic mass is 32.1. The monoisotopic (exact) mass is 194 g/mol. The summed E-state index contributed by atoms with van der Waals surface area (Å²) in [6.07, 6.45) is 0. The van der Waals surface area contributed by atoms with Gasteiger partial charge in [-0.15, -0.1) is 0 Å². The predicted molar refractivity (Wildman–Crippen MR) is 55.7 cm³/mol. The molecule has 1 heterocycles. The SMILES string of the molecule is Cc1c(N)c(N)c2nsnc2c1C. The van der Waals surface area contributed by atoms with Gasteiger partial charge in [0.25, 0.3) is 0 Å². The first-order chi connectivity index (χ1) is 6.13. The number of aryl methyl sites for hydroxylation is 1. The van der Waals surface area contributed by atoms with E-state index in [-0.39, 0.29) is 0 Å². The second-order valence-electron chi connectivity index (χ2n) is 3.04. The van der Waals surface area contributed by atoms with Crippen molar-refractivity contribution in [3.8, 4) is 0 Å². The molecule has 0 saturated heterocycles. The second kappa shape index (κ2) is 2.56. The molecule has 0 bridgehead atoms. The first kappa shape index (κ1) is 8.25. The van der Waals surface area contributed by atoms with Crippen LogP contribution in [0.3, 0.4) is 0 Å². The molecule has 0 fully saturated rings. The first-order valence-corrected chi connectivity index (χ1v) is 4.62. The van der Waals surface area contributed by atoms with E-state index in [4.69, 9.17) is 11.5 Å². The van der Waals surface area contributed by atoms with Crippen molar-refractivity contribution in [2.24, 2.45) is 0 Å². The molecule has 4 nitrogen and oxygen atoms in total. The number of benzene rings is 1. The van der Waals surface area contributed by atoms with Crippen LogP contribution in [0.2, 0.25) is 0 Å². The summed E-state index contributed by atoms with van der Waals surface area (Å²) < 4.78 is 8.28. The molecular weight excluding hydrogens is 184 g/mol. The maximum Gasteiger partial charge on any atom is 0.130 e. The molecule has 2 aromatic rings. The minimum Gasteiger partial charge on any atom is -0.397 e. The van der Waals surface area contributed by atoms with Crippen LogP contribution < -0.4 is 11.5 Å². The Hall–Kier alpha value is -1.36. The minimum atomic E-state index is 0.548. The average molecular weight is 194 g/mol. The fourth-order valence-electron chi connectivity index (χ4n) is 1.32. The number of hydrogen-bond donors (Lipinski definition) is 2. The van der Waals surface area contributed by atoms with Gasteiger partial charge in [0.15, 0.2) is 0 Å². The fraction of sp³-hybridized carbons (Fsp3) is 0.250. The lowest BCUT2D eigenvalue weighted by Gasteiger charge is -2.07. The molecule has 13 heavy (non-hydrogen) atoms. The molecule has 0 unspecified atom stereocenters. The average Bonchev–Trinajstić information content (AvgIpc) is 2.59. The van der Waals surface area contributed by atoms with Crippen LogP contribution >= 0.6 is 11.7 Å². The highest BCUT2D eigenvalue weighted by Gasteiger charge is 2.12. The van der Waals surface area contributed by atoms with Gasteiger partial charge in [-0.1, -0.05) is 0 Å². The number of hydrogen-bond acceptors (Lipinski definition) is 5. The summed E-state index contributed by atoms with van der Waals surface area (Å²) in [7, 11) is 0. The van der Waals surface area contributed by atoms with Crippen LogP contribution in [-0.4, -0.2) is 8.75 Å². The topological polar surface area (TPSA) is 77.8 Å². The van der Waals surface area contributed by atoms with Crippen LogP contribution in [0.1, 0.15) is 11.1 Å². The summed E-state index contributed by atoms with van der Waals surface area (Å²) in [5.41, 5.74) is 16.5. The van der Waals surface area contributed by atoms with Crippen molar-refractivity contribution in [1.82, 2.24) is 8.75 Å². The lowest BCUT2D eigenvalue weighted by Crippen LogP contribution is -2.00. The normalized spacial score (nSPS) is 10.9. The Bertz CT molecular complexity index is 432. The fourth-order valence-corrected chi connectivity index (χ4v) is 1.93. The van der Waals surface area contributed by atoms with Crippen molar-refractivity contribution < 1.29 is 0 Å². The molecule has 68 valence electrons. The van der Waals surface area contributed by atoms with Gasteiger partial charge in [0.2, 0.25) is 0 Å². The van der Waals surface area contributed by atoms with Crippen LogP contribution in [0.25, 0.3) is 11.0 Å². The largest absolute Gasteiger partial charge is 0.397 e. The Kier molecular flexibility index (Phi) is 1.63. The zero-order valence-corrected chi connectivity index (χ0v) is 8.27. The zero-order valence-electron chi connectivity index (χ0n) is 7.46. The van der Waals surface area contributed by atoms with Gasteiger partial charge in [0.1, 0.15) is 11.0 Å². The van der Waals surface area contributed by atoms with E-state index in [0.29, 0.717) is 11.4 Å². The van der Waals surface area contributed by atoms with E-state index in [2.05, 4.69) is 8.75 Å². The first-order valence-electron chi connectivity index (χ1n) is 3.89. The lowest BCUT2D eigenvalue weighted by molar-refractivity contribution is 1.36. The molecule has 1 aromatic heterocycles. The maximum atomic E-state index is 5.82. The second-order valence-corrected chi connectivity index (χ2v) is 3.57. The Morgan fingerprint density at radius 3 is 2.23 bits per heavy atom. The number of rotatable bonds is 0. The number of aromatic nitrogens is 2. The quantitative estimate of drug-likeness (QED) is 0.622. The van der Waals surface area contributed by atoms with Crippen molar-refractivity contribution in [2.75, 3.05) is 11.5 Å². The van der Waals surface area contributed by atoms with Crippen molar-refractivity contribution in [1.29, 1.82) is 0 Å². The number of nitrogen functional groups attached to an aromatic ring is 2. The lowest BCUT2D eigenvalue weighted by atomic mass is 10.0. The van der Waals surface area contributed by atoms with E-state index >= 15 is 0 Å². The molecule has 0 radical (unpaired) electrons. The molecule has 0 aliphatic rings. The third-order valence-corrected chi connectivity index (χ3v) is 2.88. The molecule has 5 heteroatoms. The van der Waals surface area contributed by atoms with Crippen molar-refractivity contribution in [3.63, 3.8) is 0 Å². The van der Waals surface area contributed by atoms with Gasteiger partial charge in [-0.2, -0.15) is 8.75 Å². The van der Waals surface area contributed by atoms with Crippen molar-refractivity contribution in [2.45, 2.75) is 13.8 Å². The van der Waals surface area contributed by atoms with Crippen LogP contribution in [-0.2, 0) is 0 Å². The van der Waals surface area contributed by atoms with E-state index in [9.17, 15) is 0 Å². The summed E-state index contributed by atoms with van der Waals surface area (Å²) >= 11 is 1.16. The van der Waals surface area contributed by atoms with E-state index < -0.39 is 0 Å². The molecule has 0 amide bonds. The van der Waals surface area contributed by atoms with Gasteiger partial charge in [-0.05, 0) is 25.0 Å². The maximum absolute atomic E-state index is 5.82. The third-order valence-electron chi connectivity index (χ3n) is 2.36. The number of nitrogens with two attached hydrogens (primary N) is 2. The van der Waals surface area contributed by atoms with Crippen LogP contribution in [0.4, 0.5) is 11.4 Å². The predicted octanol–water partition coefficient (Wildman–Crippen LogP) is 1.47. The summed E-state index contributed by atoms with van der Waals surface area (Å²) in [6, 6.07) is 0. The van der Waals surface area contributed by atoms with Crippen LogP contribution in [0, 0.1) is 13.8 Å². The Morgan fingerprint density at radius 2 is 1.54 bits per heavy atom. The Labute approximate surface area is 79.9 Å². The van der Waals surface area contributed by atoms with Gasteiger partial charge in [0.05, 0.1) is 23.1 Å². The Morgan fingerprint density at radius 1 is 0.923 bits per heavy atom. The van der Waals surface area contributed by atoms with Gasteiger partial charge >= 0.3 is 0 Å². The smallest absolute Gasteiger partial charge is 0.130 e. The summed E-state index contributed by atoms with van der Waals surface area (Å²) in [4.78, 5) is 0. The van der Waals surface area contributed by atoms with E-state index in [1.165, 1.54) is 0 Å². The molecule has 4 N–H and O–H groups in total. The third kappa shape index (κ3) is 0.968. The molecule has 0 aliphatic heterocycles. The van der Waals surface area contributed by atoms with Crippen LogP contribution in [0.5, 0.6) is 0 Å². The van der Waals surface area contributed by atoms with Gasteiger partial charge < -0.3 is 11.5 Å². The molecule has 2 rings (SSSR count). The number of fused-ring (bicyclic) bond motifs is 1. The highest BCUT2D eigenvalue weighted by Crippen LogP contribution is 2.31. The van der Waals surface area contributed by atoms with Gasteiger partial charge in [-0.3, -0.25) is 0 Å². The molecular formula is C8H10N4S. The summed E-state index contributed by atoms with van der Waals surface area (Å²) in [5, 5.41) is 0. The molecule has 1 aromatic carbocycles. The molecule has 0 atom stereocenters. The molecule has 0 saturated carbocycles. The van der Waals surface area contributed by atoms with Gasteiger partial charge in [0, 0.05) is 0 Å². The number of anilines is 2. The van der Waals surface area contributed by atoms with Crippen molar-refractivity contribution >= 4 is 34.1 Å². The minimum absolute atomic E-state index is 0.548. The van der Waals surface area contributed by atoms with E-state index in [0.717, 1.165) is 33.9 Å². The Balaban J connectivity index is 3.02. The standard InChI is InChI=1S/C8H10N4S/c1-3-4(2)7-8(12-13-11-7)6(10)5(3)9/h9-10H2,1-2H3. The summed E-state index contributed by atoms with van der Waals surface area (Å²) in [5.74, 6) is 0. The molecule has 0 spiro atoms. The molecule has 0 aliphatic carbocycles.